The summed E-state index contributed by atoms with van der Waals surface area (Å²) in [5.74, 6) is -0.807. The second-order valence-electron chi connectivity index (χ2n) is 6.92. The molecule has 1 fully saturated rings. The summed E-state index contributed by atoms with van der Waals surface area (Å²) in [5, 5.41) is 38.8. The van der Waals surface area contributed by atoms with E-state index < -0.39 is 36.5 Å². The minimum atomic E-state index is -0.807. The normalized spacial score (nSPS) is 25.5. The van der Waals surface area contributed by atoms with E-state index in [0.717, 1.165) is 6.42 Å². The summed E-state index contributed by atoms with van der Waals surface area (Å²) in [6.45, 7) is 2.03. The van der Waals surface area contributed by atoms with Crippen LogP contribution in [0.15, 0.2) is 48.6 Å². The van der Waals surface area contributed by atoms with E-state index in [-0.39, 0.29) is 6.42 Å². The molecule has 1 rings (SSSR count). The smallest absolute Gasteiger partial charge is 0.303 e. The molecule has 0 radical (unpaired) electrons. The van der Waals surface area contributed by atoms with Crippen LogP contribution in [0.1, 0.15) is 51.9 Å². The maximum absolute atomic E-state index is 10.4. The van der Waals surface area contributed by atoms with E-state index in [0.29, 0.717) is 32.1 Å². The third-order valence-corrected chi connectivity index (χ3v) is 4.42. The SMILES string of the molecule is CC/C=C\C[C@H](O)/C=C/[C@H]1O[C@@H]([C@H](O)C/C=C\C/C=C\CCC(=O)O)C[C@@H]1O. The molecule has 0 aromatic heterocycles. The molecule has 1 heterocycles. The Morgan fingerprint density at radius 2 is 1.82 bits per heavy atom. The molecule has 0 aliphatic carbocycles. The van der Waals surface area contributed by atoms with Crippen molar-refractivity contribution in [3.63, 3.8) is 0 Å². The maximum atomic E-state index is 10.4. The number of carboxylic acids is 1. The highest BCUT2D eigenvalue weighted by molar-refractivity contribution is 5.66. The highest BCUT2D eigenvalue weighted by Gasteiger charge is 2.35. The average Bonchev–Trinajstić information content (AvgIpc) is 3.03. The van der Waals surface area contributed by atoms with Gasteiger partial charge in [0, 0.05) is 12.8 Å². The topological polar surface area (TPSA) is 107 Å². The number of allylic oxidation sites excluding steroid dienone is 4. The van der Waals surface area contributed by atoms with Crippen molar-refractivity contribution in [3.05, 3.63) is 48.6 Å². The van der Waals surface area contributed by atoms with E-state index in [1.165, 1.54) is 0 Å². The van der Waals surface area contributed by atoms with Gasteiger partial charge in [0.05, 0.1) is 24.4 Å². The molecule has 6 heteroatoms. The minimum absolute atomic E-state index is 0.127. The number of hydrogen-bond donors (Lipinski definition) is 4. The van der Waals surface area contributed by atoms with Gasteiger partial charge >= 0.3 is 5.97 Å². The standard InChI is InChI=1S/C22H34O6/c1-2-3-8-11-17(23)14-15-20-19(25)16-21(28-20)18(24)12-9-6-4-5-7-10-13-22(26)27/h3,5-9,14-15,17-21,23-25H,2,4,10-13,16H2,1H3,(H,26,27)/b7-5-,8-3-,9-6-,15-14+/t17-,18+,19-,20+,21+/m0/s1. The lowest BCUT2D eigenvalue weighted by Crippen LogP contribution is -2.25. The lowest BCUT2D eigenvalue weighted by atomic mass is 10.0. The molecule has 0 spiro atoms. The lowest BCUT2D eigenvalue weighted by Gasteiger charge is -2.16. The molecule has 0 aromatic rings. The van der Waals surface area contributed by atoms with Gasteiger partial charge in [-0.2, -0.15) is 0 Å². The molecule has 1 aliphatic rings. The number of rotatable bonds is 13. The quantitative estimate of drug-likeness (QED) is 0.358. The Morgan fingerprint density at radius 3 is 2.54 bits per heavy atom. The number of aliphatic hydroxyl groups excluding tert-OH is 3. The van der Waals surface area contributed by atoms with Crippen LogP contribution in [-0.2, 0) is 9.53 Å². The molecule has 4 N–H and O–H groups in total. The van der Waals surface area contributed by atoms with Gasteiger partial charge in [0.25, 0.3) is 0 Å². The number of hydrogen-bond acceptors (Lipinski definition) is 5. The van der Waals surface area contributed by atoms with Gasteiger partial charge in [0.15, 0.2) is 0 Å². The van der Waals surface area contributed by atoms with Gasteiger partial charge in [-0.25, -0.2) is 0 Å². The number of ether oxygens (including phenoxy) is 1. The first-order valence-electron chi connectivity index (χ1n) is 9.98. The summed E-state index contributed by atoms with van der Waals surface area (Å²) in [6, 6.07) is 0. The summed E-state index contributed by atoms with van der Waals surface area (Å²) < 4.78 is 5.72. The summed E-state index contributed by atoms with van der Waals surface area (Å²) in [6.07, 6.45) is 15.2. The fourth-order valence-electron chi connectivity index (χ4n) is 2.84. The Kier molecular flexibility index (Phi) is 12.4. The molecule has 158 valence electrons. The third kappa shape index (κ3) is 10.6. The summed E-state index contributed by atoms with van der Waals surface area (Å²) in [7, 11) is 0. The van der Waals surface area contributed by atoms with Crippen molar-refractivity contribution in [1.29, 1.82) is 0 Å². The highest BCUT2D eigenvalue weighted by atomic mass is 16.5. The van der Waals surface area contributed by atoms with Gasteiger partial charge < -0.3 is 25.2 Å². The Labute approximate surface area is 167 Å². The summed E-state index contributed by atoms with van der Waals surface area (Å²) in [4.78, 5) is 10.4. The van der Waals surface area contributed by atoms with Crippen molar-refractivity contribution in [3.8, 4) is 0 Å². The van der Waals surface area contributed by atoms with Crippen LogP contribution < -0.4 is 0 Å². The van der Waals surface area contributed by atoms with Gasteiger partial charge in [-0.1, -0.05) is 55.5 Å². The van der Waals surface area contributed by atoms with Gasteiger partial charge in [-0.15, -0.1) is 0 Å². The summed E-state index contributed by atoms with van der Waals surface area (Å²) in [5.41, 5.74) is 0. The fraction of sp³-hybridized carbons (Fsp3) is 0.591. The predicted molar refractivity (Wildman–Crippen MR) is 109 cm³/mol. The van der Waals surface area contributed by atoms with E-state index in [4.69, 9.17) is 9.84 Å². The zero-order chi connectivity index (χ0) is 20.8. The van der Waals surface area contributed by atoms with Crippen LogP contribution in [0.5, 0.6) is 0 Å². The van der Waals surface area contributed by atoms with Crippen molar-refractivity contribution in [1.82, 2.24) is 0 Å². The van der Waals surface area contributed by atoms with E-state index in [9.17, 15) is 20.1 Å². The zero-order valence-electron chi connectivity index (χ0n) is 16.6. The molecule has 1 aliphatic heterocycles. The molecule has 0 saturated carbocycles. The van der Waals surface area contributed by atoms with Crippen molar-refractivity contribution in [2.75, 3.05) is 0 Å². The molecular formula is C22H34O6. The van der Waals surface area contributed by atoms with E-state index in [1.807, 2.05) is 43.4 Å². The van der Waals surface area contributed by atoms with Crippen LogP contribution in [0.3, 0.4) is 0 Å². The van der Waals surface area contributed by atoms with E-state index >= 15 is 0 Å². The highest BCUT2D eigenvalue weighted by Crippen LogP contribution is 2.25. The van der Waals surface area contributed by atoms with Crippen LogP contribution in [0.25, 0.3) is 0 Å². The van der Waals surface area contributed by atoms with Crippen LogP contribution >= 0.6 is 0 Å². The largest absolute Gasteiger partial charge is 0.481 e. The first-order chi connectivity index (χ1) is 13.4. The number of carboxylic acid groups (broad SMARTS) is 1. The molecule has 0 unspecified atom stereocenters. The Morgan fingerprint density at radius 1 is 1.11 bits per heavy atom. The van der Waals surface area contributed by atoms with Gasteiger partial charge in [-0.05, 0) is 32.1 Å². The monoisotopic (exact) mass is 394 g/mol. The Balaban J connectivity index is 2.31. The Bertz CT molecular complexity index is 551. The summed E-state index contributed by atoms with van der Waals surface area (Å²) >= 11 is 0. The number of carbonyl (C=O) groups is 1. The fourth-order valence-corrected chi connectivity index (χ4v) is 2.84. The zero-order valence-corrected chi connectivity index (χ0v) is 16.6. The minimum Gasteiger partial charge on any atom is -0.481 e. The van der Waals surface area contributed by atoms with Crippen LogP contribution in [0, 0.1) is 0 Å². The number of aliphatic hydroxyl groups is 3. The van der Waals surface area contributed by atoms with Gasteiger partial charge in [0.1, 0.15) is 6.10 Å². The van der Waals surface area contributed by atoms with Gasteiger partial charge in [-0.3, -0.25) is 4.79 Å². The molecular weight excluding hydrogens is 360 g/mol. The molecule has 6 nitrogen and oxygen atoms in total. The van der Waals surface area contributed by atoms with Crippen molar-refractivity contribution < 1.29 is 30.0 Å². The molecule has 5 atom stereocenters. The maximum Gasteiger partial charge on any atom is 0.303 e. The number of aliphatic carboxylic acids is 1. The van der Waals surface area contributed by atoms with Crippen molar-refractivity contribution in [2.45, 2.75) is 82.4 Å². The van der Waals surface area contributed by atoms with Crippen molar-refractivity contribution in [2.24, 2.45) is 0 Å². The second-order valence-corrected chi connectivity index (χ2v) is 6.92. The Hall–Kier alpha value is -1.73. The van der Waals surface area contributed by atoms with Crippen molar-refractivity contribution >= 4 is 5.97 Å². The molecule has 0 aromatic carbocycles. The van der Waals surface area contributed by atoms with Crippen LogP contribution in [-0.4, -0.2) is 56.9 Å². The molecule has 1 saturated heterocycles. The van der Waals surface area contributed by atoms with E-state index in [2.05, 4.69) is 0 Å². The van der Waals surface area contributed by atoms with Crippen LogP contribution in [0.2, 0.25) is 0 Å². The first kappa shape index (κ1) is 24.3. The van der Waals surface area contributed by atoms with E-state index in [1.54, 1.807) is 12.2 Å². The molecule has 28 heavy (non-hydrogen) atoms. The molecule has 0 amide bonds. The second kappa shape index (κ2) is 14.3. The van der Waals surface area contributed by atoms with Crippen LogP contribution in [0.4, 0.5) is 0 Å². The lowest BCUT2D eigenvalue weighted by molar-refractivity contribution is -0.136. The average molecular weight is 395 g/mol. The first-order valence-corrected chi connectivity index (χ1v) is 9.98. The third-order valence-electron chi connectivity index (χ3n) is 4.42. The van der Waals surface area contributed by atoms with Gasteiger partial charge in [0.2, 0.25) is 0 Å². The molecule has 0 bridgehead atoms. The predicted octanol–water partition coefficient (Wildman–Crippen LogP) is 2.90.